The van der Waals surface area contributed by atoms with Gasteiger partial charge in [0.15, 0.2) is 0 Å². The van der Waals surface area contributed by atoms with Gasteiger partial charge in [0.2, 0.25) is 5.91 Å². The lowest BCUT2D eigenvalue weighted by molar-refractivity contribution is -0.117. The van der Waals surface area contributed by atoms with Crippen molar-refractivity contribution in [3.63, 3.8) is 0 Å². The highest BCUT2D eigenvalue weighted by Gasteiger charge is 1.99. The molecule has 1 rings (SSSR count). The number of primary amides is 1. The molecule has 70 valence electrons. The van der Waals surface area contributed by atoms with Crippen LogP contribution in [0, 0.1) is 13.8 Å². The van der Waals surface area contributed by atoms with Crippen molar-refractivity contribution in [2.75, 3.05) is 0 Å². The smallest absolute Gasteiger partial charge is 0.221 e. The van der Waals surface area contributed by atoms with E-state index >= 15 is 0 Å². The minimum Gasteiger partial charge on any atom is -0.369 e. The SMILES string of the molecule is Cc1nc(C=CCC(N)=O)sc1C. The van der Waals surface area contributed by atoms with Gasteiger partial charge < -0.3 is 5.73 Å². The lowest BCUT2D eigenvalue weighted by atomic mass is 10.3. The molecule has 3 nitrogen and oxygen atoms in total. The molecule has 0 aliphatic carbocycles. The van der Waals surface area contributed by atoms with Gasteiger partial charge in [-0.25, -0.2) is 4.98 Å². The van der Waals surface area contributed by atoms with Crippen LogP contribution in [-0.2, 0) is 4.79 Å². The number of hydrogen-bond acceptors (Lipinski definition) is 3. The Labute approximate surface area is 81.3 Å². The zero-order valence-corrected chi connectivity index (χ0v) is 8.52. The second-order valence-electron chi connectivity index (χ2n) is 2.77. The summed E-state index contributed by atoms with van der Waals surface area (Å²) in [6.45, 7) is 4.00. The third kappa shape index (κ3) is 2.99. The summed E-state index contributed by atoms with van der Waals surface area (Å²) in [6, 6.07) is 0. The molecular weight excluding hydrogens is 184 g/mol. The van der Waals surface area contributed by atoms with E-state index in [0.717, 1.165) is 10.7 Å². The summed E-state index contributed by atoms with van der Waals surface area (Å²) >= 11 is 1.62. The van der Waals surface area contributed by atoms with Crippen molar-refractivity contribution in [1.82, 2.24) is 4.98 Å². The molecule has 0 aliphatic heterocycles. The van der Waals surface area contributed by atoms with Crippen LogP contribution in [0.1, 0.15) is 22.0 Å². The standard InChI is InChI=1S/C9H12N2OS/c1-6-7(2)13-9(11-6)5-3-4-8(10)12/h3,5H,4H2,1-2H3,(H2,10,12). The van der Waals surface area contributed by atoms with Gasteiger partial charge in [-0.3, -0.25) is 4.79 Å². The van der Waals surface area contributed by atoms with Crippen LogP contribution in [0.4, 0.5) is 0 Å². The first-order chi connectivity index (χ1) is 6.09. The van der Waals surface area contributed by atoms with E-state index in [-0.39, 0.29) is 12.3 Å². The van der Waals surface area contributed by atoms with E-state index in [2.05, 4.69) is 4.98 Å². The molecule has 0 saturated heterocycles. The van der Waals surface area contributed by atoms with Crippen LogP contribution in [0.3, 0.4) is 0 Å². The molecule has 0 unspecified atom stereocenters. The number of nitrogens with zero attached hydrogens (tertiary/aromatic N) is 1. The first-order valence-corrected chi connectivity index (χ1v) is 4.80. The number of carbonyl (C=O) groups excluding carboxylic acids is 1. The molecule has 0 bridgehead atoms. The Balaban J connectivity index is 2.64. The Morgan fingerprint density at radius 1 is 1.62 bits per heavy atom. The number of hydrogen-bond donors (Lipinski definition) is 1. The molecule has 0 aromatic carbocycles. The summed E-state index contributed by atoms with van der Waals surface area (Å²) in [5.74, 6) is -0.318. The Kier molecular flexibility index (Phi) is 3.19. The molecule has 0 atom stereocenters. The van der Waals surface area contributed by atoms with E-state index < -0.39 is 0 Å². The van der Waals surface area contributed by atoms with Gasteiger partial charge in [-0.05, 0) is 19.9 Å². The highest BCUT2D eigenvalue weighted by Crippen LogP contribution is 2.17. The van der Waals surface area contributed by atoms with Crippen molar-refractivity contribution in [3.05, 3.63) is 21.7 Å². The van der Waals surface area contributed by atoms with Gasteiger partial charge in [0.1, 0.15) is 5.01 Å². The van der Waals surface area contributed by atoms with E-state index in [4.69, 9.17) is 5.73 Å². The van der Waals surface area contributed by atoms with Crippen molar-refractivity contribution >= 4 is 23.3 Å². The second kappa shape index (κ2) is 4.18. The number of carbonyl (C=O) groups is 1. The molecule has 0 aliphatic rings. The van der Waals surface area contributed by atoms with Gasteiger partial charge in [0, 0.05) is 11.3 Å². The Hall–Kier alpha value is -1.16. The minimum absolute atomic E-state index is 0.275. The minimum atomic E-state index is -0.318. The zero-order chi connectivity index (χ0) is 9.84. The van der Waals surface area contributed by atoms with Gasteiger partial charge in [-0.1, -0.05) is 6.08 Å². The van der Waals surface area contributed by atoms with Crippen molar-refractivity contribution in [1.29, 1.82) is 0 Å². The summed E-state index contributed by atoms with van der Waals surface area (Å²) in [4.78, 5) is 15.9. The normalized spacial score (nSPS) is 10.9. The lowest BCUT2D eigenvalue weighted by Gasteiger charge is -1.83. The van der Waals surface area contributed by atoms with Gasteiger partial charge in [0.05, 0.1) is 5.69 Å². The summed E-state index contributed by atoms with van der Waals surface area (Å²) < 4.78 is 0. The van der Waals surface area contributed by atoms with Crippen molar-refractivity contribution in [2.45, 2.75) is 20.3 Å². The summed E-state index contributed by atoms with van der Waals surface area (Å²) in [7, 11) is 0. The fourth-order valence-corrected chi connectivity index (χ4v) is 1.70. The van der Waals surface area contributed by atoms with Crippen LogP contribution >= 0.6 is 11.3 Å². The Morgan fingerprint density at radius 2 is 2.31 bits per heavy atom. The van der Waals surface area contributed by atoms with E-state index in [1.54, 1.807) is 17.4 Å². The maximum absolute atomic E-state index is 10.4. The molecule has 0 radical (unpaired) electrons. The monoisotopic (exact) mass is 196 g/mol. The number of amides is 1. The molecular formula is C9H12N2OS. The van der Waals surface area contributed by atoms with Gasteiger partial charge in [-0.2, -0.15) is 0 Å². The largest absolute Gasteiger partial charge is 0.369 e. The number of aromatic nitrogens is 1. The highest BCUT2D eigenvalue weighted by atomic mass is 32.1. The third-order valence-corrected chi connectivity index (χ3v) is 2.66. The molecule has 0 spiro atoms. The fraction of sp³-hybridized carbons (Fsp3) is 0.333. The molecule has 4 heteroatoms. The van der Waals surface area contributed by atoms with Crippen molar-refractivity contribution < 1.29 is 4.79 Å². The molecule has 2 N–H and O–H groups in total. The maximum Gasteiger partial charge on any atom is 0.221 e. The fourth-order valence-electron chi connectivity index (χ4n) is 0.845. The first-order valence-electron chi connectivity index (χ1n) is 3.98. The first kappa shape index (κ1) is 9.92. The van der Waals surface area contributed by atoms with E-state index in [9.17, 15) is 4.79 Å². The van der Waals surface area contributed by atoms with E-state index in [0.29, 0.717) is 0 Å². The van der Waals surface area contributed by atoms with Gasteiger partial charge >= 0.3 is 0 Å². The average molecular weight is 196 g/mol. The quantitative estimate of drug-likeness (QED) is 0.799. The summed E-state index contributed by atoms with van der Waals surface area (Å²) in [5, 5.41) is 0.927. The van der Waals surface area contributed by atoms with E-state index in [1.807, 2.05) is 19.9 Å². The molecule has 13 heavy (non-hydrogen) atoms. The van der Waals surface area contributed by atoms with Crippen molar-refractivity contribution in [3.8, 4) is 0 Å². The van der Waals surface area contributed by atoms with Crippen LogP contribution in [0.2, 0.25) is 0 Å². The second-order valence-corrected chi connectivity index (χ2v) is 4.00. The van der Waals surface area contributed by atoms with Crippen LogP contribution in [0.5, 0.6) is 0 Å². The van der Waals surface area contributed by atoms with Crippen LogP contribution in [0.15, 0.2) is 6.08 Å². The maximum atomic E-state index is 10.4. The zero-order valence-electron chi connectivity index (χ0n) is 7.70. The summed E-state index contributed by atoms with van der Waals surface area (Å²) in [6.07, 6.45) is 3.84. The predicted molar refractivity (Wildman–Crippen MR) is 54.4 cm³/mol. The molecule has 0 fully saturated rings. The Morgan fingerprint density at radius 3 is 2.77 bits per heavy atom. The predicted octanol–water partition coefficient (Wildman–Crippen LogP) is 1.65. The molecule has 0 saturated carbocycles. The number of nitrogens with two attached hydrogens (primary N) is 1. The van der Waals surface area contributed by atoms with Gasteiger partial charge in [0.25, 0.3) is 0 Å². The van der Waals surface area contributed by atoms with E-state index in [1.165, 1.54) is 4.88 Å². The highest BCUT2D eigenvalue weighted by molar-refractivity contribution is 7.12. The third-order valence-electron chi connectivity index (χ3n) is 1.62. The molecule has 1 amide bonds. The molecule has 1 aromatic heterocycles. The number of aryl methyl sites for hydroxylation is 2. The molecule has 1 aromatic rings. The Bertz CT molecular complexity index is 322. The topological polar surface area (TPSA) is 56.0 Å². The van der Waals surface area contributed by atoms with Gasteiger partial charge in [-0.15, -0.1) is 11.3 Å². The van der Waals surface area contributed by atoms with Crippen LogP contribution in [-0.4, -0.2) is 10.9 Å². The lowest BCUT2D eigenvalue weighted by Crippen LogP contribution is -2.07. The summed E-state index contributed by atoms with van der Waals surface area (Å²) in [5.41, 5.74) is 6.03. The number of rotatable bonds is 3. The molecule has 1 heterocycles. The van der Waals surface area contributed by atoms with Crippen LogP contribution in [0.25, 0.3) is 6.08 Å². The van der Waals surface area contributed by atoms with Crippen molar-refractivity contribution in [2.24, 2.45) is 5.73 Å². The number of thiazole rings is 1. The average Bonchev–Trinajstić information content (AvgIpc) is 2.30. The van der Waals surface area contributed by atoms with Crippen LogP contribution < -0.4 is 5.73 Å².